The van der Waals surface area contributed by atoms with Crippen molar-refractivity contribution in [3.8, 4) is 0 Å². The predicted octanol–water partition coefficient (Wildman–Crippen LogP) is 1.10. The Labute approximate surface area is 87.8 Å². The van der Waals surface area contributed by atoms with E-state index in [-0.39, 0.29) is 0 Å². The van der Waals surface area contributed by atoms with Crippen molar-refractivity contribution in [3.05, 3.63) is 0 Å². The topological polar surface area (TPSA) is 24.5 Å². The largest absolute Gasteiger partial charge is 0.377 e. The van der Waals surface area contributed by atoms with E-state index >= 15 is 0 Å². The lowest BCUT2D eigenvalue weighted by atomic mass is 10.1. The SMILES string of the molecule is CCN(C)CCNC(C)C1CCCO1. The summed E-state index contributed by atoms with van der Waals surface area (Å²) in [7, 11) is 2.15. The van der Waals surface area contributed by atoms with Crippen molar-refractivity contribution in [1.82, 2.24) is 10.2 Å². The third-order valence-electron chi connectivity index (χ3n) is 3.02. The standard InChI is InChI=1S/C11H24N2O/c1-4-13(3)8-7-12-10(2)11-6-5-9-14-11/h10-12H,4-9H2,1-3H3. The highest BCUT2D eigenvalue weighted by molar-refractivity contribution is 4.76. The Morgan fingerprint density at radius 3 is 2.93 bits per heavy atom. The fourth-order valence-corrected chi connectivity index (χ4v) is 1.77. The molecule has 0 aromatic rings. The third-order valence-corrected chi connectivity index (χ3v) is 3.02. The zero-order valence-corrected chi connectivity index (χ0v) is 9.75. The van der Waals surface area contributed by atoms with E-state index in [1.807, 2.05) is 0 Å². The van der Waals surface area contributed by atoms with Gasteiger partial charge < -0.3 is 15.0 Å². The van der Waals surface area contributed by atoms with E-state index in [1.54, 1.807) is 0 Å². The van der Waals surface area contributed by atoms with E-state index in [1.165, 1.54) is 12.8 Å². The normalized spacial score (nSPS) is 24.4. The first kappa shape index (κ1) is 12.0. The van der Waals surface area contributed by atoms with Crippen LogP contribution < -0.4 is 5.32 Å². The van der Waals surface area contributed by atoms with Gasteiger partial charge in [-0.15, -0.1) is 0 Å². The minimum Gasteiger partial charge on any atom is -0.377 e. The zero-order chi connectivity index (χ0) is 10.4. The number of likely N-dealkylation sites (N-methyl/N-ethyl adjacent to an activating group) is 1. The first-order valence-electron chi connectivity index (χ1n) is 5.77. The second-order valence-corrected chi connectivity index (χ2v) is 4.19. The molecule has 1 N–H and O–H groups in total. The lowest BCUT2D eigenvalue weighted by Crippen LogP contribution is -2.40. The molecule has 0 saturated carbocycles. The van der Waals surface area contributed by atoms with Crippen LogP contribution in [-0.2, 0) is 4.74 Å². The number of rotatable bonds is 6. The van der Waals surface area contributed by atoms with Crippen molar-refractivity contribution >= 4 is 0 Å². The molecule has 0 spiro atoms. The second-order valence-electron chi connectivity index (χ2n) is 4.19. The van der Waals surface area contributed by atoms with Crippen LogP contribution >= 0.6 is 0 Å². The number of hydrogen-bond acceptors (Lipinski definition) is 3. The highest BCUT2D eigenvalue weighted by atomic mass is 16.5. The Balaban J connectivity index is 2.05. The molecule has 84 valence electrons. The highest BCUT2D eigenvalue weighted by Crippen LogP contribution is 2.14. The minimum atomic E-state index is 0.446. The molecule has 1 aliphatic rings. The lowest BCUT2D eigenvalue weighted by Gasteiger charge is -2.21. The van der Waals surface area contributed by atoms with Crippen molar-refractivity contribution in [2.24, 2.45) is 0 Å². The first-order valence-corrected chi connectivity index (χ1v) is 5.77. The number of hydrogen-bond donors (Lipinski definition) is 1. The Kier molecular flexibility index (Phi) is 5.45. The van der Waals surface area contributed by atoms with Crippen LogP contribution in [0.2, 0.25) is 0 Å². The maximum atomic E-state index is 5.62. The highest BCUT2D eigenvalue weighted by Gasteiger charge is 2.21. The van der Waals surface area contributed by atoms with Crippen molar-refractivity contribution in [2.75, 3.05) is 33.3 Å². The Bertz CT molecular complexity index is 146. The maximum absolute atomic E-state index is 5.62. The molecule has 0 aliphatic carbocycles. The molecule has 3 heteroatoms. The fraction of sp³-hybridized carbons (Fsp3) is 1.00. The maximum Gasteiger partial charge on any atom is 0.0726 e. The summed E-state index contributed by atoms with van der Waals surface area (Å²) in [6.07, 6.45) is 2.89. The van der Waals surface area contributed by atoms with Crippen molar-refractivity contribution < 1.29 is 4.74 Å². The third kappa shape index (κ3) is 3.95. The summed E-state index contributed by atoms with van der Waals surface area (Å²) in [5.41, 5.74) is 0. The van der Waals surface area contributed by atoms with Gasteiger partial charge >= 0.3 is 0 Å². The number of ether oxygens (including phenoxy) is 1. The molecule has 1 rings (SSSR count). The van der Waals surface area contributed by atoms with Gasteiger partial charge in [-0.1, -0.05) is 6.92 Å². The molecule has 14 heavy (non-hydrogen) atoms. The van der Waals surface area contributed by atoms with Crippen LogP contribution in [0.25, 0.3) is 0 Å². The molecule has 1 saturated heterocycles. The molecule has 0 aromatic heterocycles. The smallest absolute Gasteiger partial charge is 0.0726 e. The van der Waals surface area contributed by atoms with Gasteiger partial charge in [0, 0.05) is 25.7 Å². The summed E-state index contributed by atoms with van der Waals surface area (Å²) in [4.78, 5) is 2.31. The van der Waals surface area contributed by atoms with Gasteiger partial charge in [0.05, 0.1) is 6.10 Å². The van der Waals surface area contributed by atoms with Crippen LogP contribution in [0.1, 0.15) is 26.7 Å². The van der Waals surface area contributed by atoms with Crippen molar-refractivity contribution in [1.29, 1.82) is 0 Å². The summed E-state index contributed by atoms with van der Waals surface area (Å²) in [6.45, 7) is 8.66. The van der Waals surface area contributed by atoms with Gasteiger partial charge in [-0.3, -0.25) is 0 Å². The van der Waals surface area contributed by atoms with Gasteiger partial charge in [-0.2, -0.15) is 0 Å². The molecule has 1 aliphatic heterocycles. The Hall–Kier alpha value is -0.120. The van der Waals surface area contributed by atoms with Gasteiger partial charge in [0.25, 0.3) is 0 Å². The molecule has 0 aromatic carbocycles. The molecular formula is C11H24N2O. The van der Waals surface area contributed by atoms with Gasteiger partial charge in [-0.25, -0.2) is 0 Å². The van der Waals surface area contributed by atoms with Crippen molar-refractivity contribution in [3.63, 3.8) is 0 Å². The molecule has 1 heterocycles. The molecular weight excluding hydrogens is 176 g/mol. The van der Waals surface area contributed by atoms with Crippen LogP contribution in [0.3, 0.4) is 0 Å². The van der Waals surface area contributed by atoms with Gasteiger partial charge in [0.15, 0.2) is 0 Å². The molecule has 0 amide bonds. The number of nitrogens with one attached hydrogen (secondary N) is 1. The Morgan fingerprint density at radius 2 is 2.36 bits per heavy atom. The van der Waals surface area contributed by atoms with Gasteiger partial charge in [0.1, 0.15) is 0 Å². The first-order chi connectivity index (χ1) is 6.74. The van der Waals surface area contributed by atoms with E-state index in [0.717, 1.165) is 26.2 Å². The van der Waals surface area contributed by atoms with Crippen molar-refractivity contribution in [2.45, 2.75) is 38.8 Å². The van der Waals surface area contributed by atoms with E-state index in [2.05, 4.69) is 31.1 Å². The summed E-state index contributed by atoms with van der Waals surface area (Å²) >= 11 is 0. The van der Waals surface area contributed by atoms with Crippen LogP contribution in [0, 0.1) is 0 Å². The summed E-state index contributed by atoms with van der Waals surface area (Å²) in [5.74, 6) is 0. The molecule has 0 radical (unpaired) electrons. The van der Waals surface area contributed by atoms with E-state index in [4.69, 9.17) is 4.74 Å². The average molecular weight is 200 g/mol. The molecule has 2 unspecified atom stereocenters. The zero-order valence-electron chi connectivity index (χ0n) is 9.75. The number of nitrogens with zero attached hydrogens (tertiary/aromatic N) is 1. The van der Waals surface area contributed by atoms with E-state index in [9.17, 15) is 0 Å². The lowest BCUT2D eigenvalue weighted by molar-refractivity contribution is 0.0830. The quantitative estimate of drug-likeness (QED) is 0.695. The molecule has 1 fully saturated rings. The fourth-order valence-electron chi connectivity index (χ4n) is 1.77. The predicted molar refractivity (Wildman–Crippen MR) is 59.6 cm³/mol. The van der Waals surface area contributed by atoms with Crippen LogP contribution in [-0.4, -0.2) is 50.3 Å². The van der Waals surface area contributed by atoms with Gasteiger partial charge in [0.2, 0.25) is 0 Å². The average Bonchev–Trinajstić information content (AvgIpc) is 2.70. The Morgan fingerprint density at radius 1 is 1.57 bits per heavy atom. The monoisotopic (exact) mass is 200 g/mol. The second kappa shape index (κ2) is 6.38. The summed E-state index contributed by atoms with van der Waals surface area (Å²) < 4.78 is 5.62. The van der Waals surface area contributed by atoms with E-state index < -0.39 is 0 Å². The summed E-state index contributed by atoms with van der Waals surface area (Å²) in [6, 6.07) is 0.503. The summed E-state index contributed by atoms with van der Waals surface area (Å²) in [5, 5.41) is 3.52. The van der Waals surface area contributed by atoms with Crippen LogP contribution in [0.15, 0.2) is 0 Å². The molecule has 3 nitrogen and oxygen atoms in total. The van der Waals surface area contributed by atoms with Gasteiger partial charge in [-0.05, 0) is 33.4 Å². The van der Waals surface area contributed by atoms with Crippen LogP contribution in [0.5, 0.6) is 0 Å². The minimum absolute atomic E-state index is 0.446. The van der Waals surface area contributed by atoms with Crippen LogP contribution in [0.4, 0.5) is 0 Å². The molecule has 0 bridgehead atoms. The van der Waals surface area contributed by atoms with E-state index in [0.29, 0.717) is 12.1 Å². The molecule has 2 atom stereocenters.